The van der Waals surface area contributed by atoms with E-state index in [1.807, 2.05) is 0 Å². The van der Waals surface area contributed by atoms with E-state index in [-0.39, 0.29) is 5.78 Å². The first-order valence-electron chi connectivity index (χ1n) is 9.50. The Kier molecular flexibility index (Phi) is 7.87. The van der Waals surface area contributed by atoms with Crippen molar-refractivity contribution in [1.29, 1.82) is 0 Å². The van der Waals surface area contributed by atoms with Crippen molar-refractivity contribution in [3.8, 4) is 11.1 Å². The molecule has 134 valence electrons. The van der Waals surface area contributed by atoms with Crippen molar-refractivity contribution in [2.24, 2.45) is 5.92 Å². The summed E-state index contributed by atoms with van der Waals surface area (Å²) in [6.07, 6.45) is 4.47. The minimum Gasteiger partial charge on any atom is -0.310 e. The zero-order valence-corrected chi connectivity index (χ0v) is 15.8. The topological polar surface area (TPSA) is 29.1 Å². The van der Waals surface area contributed by atoms with E-state index in [0.717, 1.165) is 25.8 Å². The van der Waals surface area contributed by atoms with Gasteiger partial charge in [0.2, 0.25) is 0 Å². The monoisotopic (exact) mass is 337 g/mol. The highest BCUT2D eigenvalue weighted by Gasteiger charge is 2.09. The summed E-state index contributed by atoms with van der Waals surface area (Å²) in [4.78, 5) is 11.1. The molecule has 0 fully saturated rings. The third-order valence-electron chi connectivity index (χ3n) is 4.63. The molecule has 1 N–H and O–H groups in total. The molecule has 0 aliphatic carbocycles. The van der Waals surface area contributed by atoms with Crippen LogP contribution in [0.5, 0.6) is 0 Å². The predicted octanol–water partition coefficient (Wildman–Crippen LogP) is 5.05. The van der Waals surface area contributed by atoms with E-state index in [4.69, 9.17) is 0 Å². The number of benzene rings is 2. The second kappa shape index (κ2) is 10.1. The summed E-state index contributed by atoms with van der Waals surface area (Å²) < 4.78 is 0. The van der Waals surface area contributed by atoms with Crippen molar-refractivity contribution >= 4 is 5.78 Å². The lowest BCUT2D eigenvalue weighted by Gasteiger charge is -2.16. The lowest BCUT2D eigenvalue weighted by molar-refractivity contribution is -0.116. The van der Waals surface area contributed by atoms with E-state index in [9.17, 15) is 4.79 Å². The second-order valence-electron chi connectivity index (χ2n) is 6.96. The van der Waals surface area contributed by atoms with E-state index in [1.165, 1.54) is 28.7 Å². The first kappa shape index (κ1) is 19.4. The molecule has 0 saturated heterocycles. The number of Topliss-reactive ketones (excluding diaryl/α,β-unsaturated/α-hetero) is 1. The number of ketones is 1. The van der Waals surface area contributed by atoms with Crippen molar-refractivity contribution in [3.63, 3.8) is 0 Å². The maximum absolute atomic E-state index is 11.1. The van der Waals surface area contributed by atoms with E-state index in [2.05, 4.69) is 67.7 Å². The van der Waals surface area contributed by atoms with Gasteiger partial charge in [-0.25, -0.2) is 0 Å². The van der Waals surface area contributed by atoms with Crippen molar-refractivity contribution < 1.29 is 4.79 Å². The average Bonchev–Trinajstić information content (AvgIpc) is 2.61. The highest BCUT2D eigenvalue weighted by molar-refractivity contribution is 5.77. The van der Waals surface area contributed by atoms with Crippen LogP contribution in [-0.2, 0) is 17.6 Å². The molecule has 0 aliphatic heterocycles. The number of aryl methyl sites for hydroxylation is 1. The molecule has 0 bridgehead atoms. The molecule has 0 aromatic heterocycles. The number of carbonyl (C=O) groups excluding carboxylic acids is 1. The minimum atomic E-state index is 0.198. The van der Waals surface area contributed by atoms with Gasteiger partial charge in [0.25, 0.3) is 0 Å². The molecule has 2 nitrogen and oxygen atoms in total. The molecule has 2 rings (SSSR count). The third kappa shape index (κ3) is 6.47. The maximum atomic E-state index is 11.1. The van der Waals surface area contributed by atoms with Crippen LogP contribution < -0.4 is 5.32 Å². The summed E-state index contributed by atoms with van der Waals surface area (Å²) in [5, 5.41) is 3.27. The van der Waals surface area contributed by atoms with Crippen LogP contribution in [0.4, 0.5) is 0 Å². The average molecular weight is 338 g/mol. The molecule has 0 amide bonds. The largest absolute Gasteiger partial charge is 0.310 e. The Labute approximate surface area is 152 Å². The van der Waals surface area contributed by atoms with E-state index in [1.54, 1.807) is 6.92 Å². The van der Waals surface area contributed by atoms with Crippen LogP contribution in [0.2, 0.25) is 0 Å². The Morgan fingerprint density at radius 2 is 1.64 bits per heavy atom. The standard InChI is InChI=1S/C23H31NO/c1-4-8-20-9-6-11-22(14-20)23-12-7-10-21(15-23)13-19(5-2)17-24-16-18(3)25/h6-7,9-12,14-15,19,24H,4-5,8,13,16-17H2,1-3H3. The first-order valence-corrected chi connectivity index (χ1v) is 9.50. The van der Waals surface area contributed by atoms with E-state index in [0.29, 0.717) is 12.5 Å². The van der Waals surface area contributed by atoms with Gasteiger partial charge in [-0.05, 0) is 54.5 Å². The Morgan fingerprint density at radius 1 is 1.00 bits per heavy atom. The van der Waals surface area contributed by atoms with Gasteiger partial charge in [0, 0.05) is 0 Å². The molecule has 25 heavy (non-hydrogen) atoms. The summed E-state index contributed by atoms with van der Waals surface area (Å²) >= 11 is 0. The Hall–Kier alpha value is -1.93. The fraction of sp³-hybridized carbons (Fsp3) is 0.435. The molecule has 0 heterocycles. The zero-order chi connectivity index (χ0) is 18.1. The maximum Gasteiger partial charge on any atom is 0.143 e. The van der Waals surface area contributed by atoms with Crippen LogP contribution in [-0.4, -0.2) is 18.9 Å². The molecular formula is C23H31NO. The van der Waals surface area contributed by atoms with Crippen LogP contribution in [0.25, 0.3) is 11.1 Å². The van der Waals surface area contributed by atoms with Gasteiger partial charge in [0.15, 0.2) is 0 Å². The Balaban J connectivity index is 2.07. The number of rotatable bonds is 10. The summed E-state index contributed by atoms with van der Waals surface area (Å²) in [6.45, 7) is 7.44. The first-order chi connectivity index (χ1) is 12.1. The van der Waals surface area contributed by atoms with Gasteiger partial charge in [0.1, 0.15) is 5.78 Å². The molecule has 1 unspecified atom stereocenters. The Morgan fingerprint density at radius 3 is 2.24 bits per heavy atom. The van der Waals surface area contributed by atoms with Crippen LogP contribution in [0.1, 0.15) is 44.7 Å². The molecule has 2 aromatic rings. The van der Waals surface area contributed by atoms with Gasteiger partial charge < -0.3 is 5.32 Å². The Bertz CT molecular complexity index is 677. The fourth-order valence-electron chi connectivity index (χ4n) is 3.22. The van der Waals surface area contributed by atoms with Crippen LogP contribution in [0.15, 0.2) is 48.5 Å². The normalized spacial score (nSPS) is 12.1. The molecule has 0 aliphatic rings. The number of nitrogens with one attached hydrogen (secondary N) is 1. The number of hydrogen-bond acceptors (Lipinski definition) is 2. The fourth-order valence-corrected chi connectivity index (χ4v) is 3.22. The minimum absolute atomic E-state index is 0.198. The highest BCUT2D eigenvalue weighted by atomic mass is 16.1. The van der Waals surface area contributed by atoms with Gasteiger partial charge in [-0.3, -0.25) is 4.79 Å². The van der Waals surface area contributed by atoms with Crippen molar-refractivity contribution in [1.82, 2.24) is 5.32 Å². The van der Waals surface area contributed by atoms with Crippen molar-refractivity contribution in [2.45, 2.75) is 46.5 Å². The number of carbonyl (C=O) groups is 1. The molecule has 2 heteroatoms. The molecule has 0 saturated carbocycles. The van der Waals surface area contributed by atoms with Gasteiger partial charge in [0.05, 0.1) is 6.54 Å². The van der Waals surface area contributed by atoms with Gasteiger partial charge in [-0.2, -0.15) is 0 Å². The predicted molar refractivity (Wildman–Crippen MR) is 107 cm³/mol. The lowest BCUT2D eigenvalue weighted by Crippen LogP contribution is -2.28. The van der Waals surface area contributed by atoms with Crippen molar-refractivity contribution in [2.75, 3.05) is 13.1 Å². The number of hydrogen-bond donors (Lipinski definition) is 1. The summed E-state index contributed by atoms with van der Waals surface area (Å²) in [6, 6.07) is 17.8. The second-order valence-corrected chi connectivity index (χ2v) is 6.96. The van der Waals surface area contributed by atoms with Gasteiger partial charge in [-0.15, -0.1) is 0 Å². The summed E-state index contributed by atoms with van der Waals surface area (Å²) in [5.41, 5.74) is 5.37. The third-order valence-corrected chi connectivity index (χ3v) is 4.63. The quantitative estimate of drug-likeness (QED) is 0.657. The van der Waals surface area contributed by atoms with E-state index < -0.39 is 0 Å². The highest BCUT2D eigenvalue weighted by Crippen LogP contribution is 2.23. The van der Waals surface area contributed by atoms with Crippen LogP contribution in [0.3, 0.4) is 0 Å². The zero-order valence-electron chi connectivity index (χ0n) is 15.8. The molecule has 2 aromatic carbocycles. The van der Waals surface area contributed by atoms with Crippen molar-refractivity contribution in [3.05, 3.63) is 59.7 Å². The van der Waals surface area contributed by atoms with Crippen LogP contribution in [0, 0.1) is 5.92 Å². The molecule has 0 radical (unpaired) electrons. The molecular weight excluding hydrogens is 306 g/mol. The summed E-state index contributed by atoms with van der Waals surface area (Å²) in [5.74, 6) is 0.754. The summed E-state index contributed by atoms with van der Waals surface area (Å²) in [7, 11) is 0. The molecule has 1 atom stereocenters. The van der Waals surface area contributed by atoms with Gasteiger partial charge >= 0.3 is 0 Å². The smallest absolute Gasteiger partial charge is 0.143 e. The molecule has 0 spiro atoms. The van der Waals surface area contributed by atoms with Crippen LogP contribution >= 0.6 is 0 Å². The van der Waals surface area contributed by atoms with Gasteiger partial charge in [-0.1, -0.05) is 75.2 Å². The SMILES string of the molecule is CCCc1cccc(-c2cccc(CC(CC)CNCC(C)=O)c2)c1. The lowest BCUT2D eigenvalue weighted by atomic mass is 9.93. The van der Waals surface area contributed by atoms with E-state index >= 15 is 0 Å².